The van der Waals surface area contributed by atoms with E-state index in [-0.39, 0.29) is 0 Å². The lowest BCUT2D eigenvalue weighted by Crippen LogP contribution is -2.39. The molecule has 1 unspecified atom stereocenters. The van der Waals surface area contributed by atoms with Crippen molar-refractivity contribution in [2.45, 2.75) is 33.1 Å². The van der Waals surface area contributed by atoms with Crippen LogP contribution in [0.2, 0.25) is 0 Å². The molecular weight excluding hydrogens is 200 g/mol. The maximum absolute atomic E-state index is 5.29. The third kappa shape index (κ3) is 6.46. The molecule has 0 aromatic rings. The third-order valence-electron chi connectivity index (χ3n) is 3.19. The second-order valence-corrected chi connectivity index (χ2v) is 4.85. The monoisotopic (exact) mass is 228 g/mol. The van der Waals surface area contributed by atoms with Crippen LogP contribution in [0.15, 0.2) is 0 Å². The number of hydrogen-bond donors (Lipinski definition) is 1. The molecule has 1 aliphatic heterocycles. The van der Waals surface area contributed by atoms with Crippen molar-refractivity contribution in [3.05, 3.63) is 0 Å². The van der Waals surface area contributed by atoms with Gasteiger partial charge >= 0.3 is 0 Å². The van der Waals surface area contributed by atoms with E-state index in [4.69, 9.17) is 4.74 Å². The van der Waals surface area contributed by atoms with Crippen molar-refractivity contribution in [2.24, 2.45) is 5.92 Å². The Balaban J connectivity index is 1.86. The highest BCUT2D eigenvalue weighted by Gasteiger charge is 2.14. The normalized spacial score (nSPS) is 22.5. The van der Waals surface area contributed by atoms with Crippen LogP contribution in [-0.4, -0.2) is 50.8 Å². The average Bonchev–Trinajstić information content (AvgIpc) is 2.28. The van der Waals surface area contributed by atoms with Gasteiger partial charge in [-0.1, -0.05) is 6.92 Å². The van der Waals surface area contributed by atoms with Gasteiger partial charge in [0.05, 0.1) is 0 Å². The first-order chi connectivity index (χ1) is 7.83. The number of rotatable bonds is 8. The molecule has 0 aliphatic carbocycles. The van der Waals surface area contributed by atoms with Crippen LogP contribution in [0.3, 0.4) is 0 Å². The molecule has 0 bridgehead atoms. The van der Waals surface area contributed by atoms with Crippen LogP contribution in [0.1, 0.15) is 33.1 Å². The molecule has 0 aromatic heterocycles. The highest BCUT2D eigenvalue weighted by atomic mass is 16.5. The van der Waals surface area contributed by atoms with E-state index in [1.54, 1.807) is 0 Å². The van der Waals surface area contributed by atoms with Gasteiger partial charge in [0, 0.05) is 32.8 Å². The van der Waals surface area contributed by atoms with Crippen LogP contribution in [0.5, 0.6) is 0 Å². The predicted molar refractivity (Wildman–Crippen MR) is 68.8 cm³/mol. The molecule has 3 nitrogen and oxygen atoms in total. The summed E-state index contributed by atoms with van der Waals surface area (Å²) in [5.41, 5.74) is 0. The molecule has 96 valence electrons. The Bertz CT molecular complexity index is 164. The van der Waals surface area contributed by atoms with E-state index in [1.807, 2.05) is 6.92 Å². The summed E-state index contributed by atoms with van der Waals surface area (Å²) in [7, 11) is 0. The Hall–Kier alpha value is -0.120. The van der Waals surface area contributed by atoms with E-state index in [1.165, 1.54) is 32.5 Å². The average molecular weight is 228 g/mol. The van der Waals surface area contributed by atoms with E-state index in [0.717, 1.165) is 38.6 Å². The van der Waals surface area contributed by atoms with Crippen LogP contribution >= 0.6 is 0 Å². The van der Waals surface area contributed by atoms with Crippen molar-refractivity contribution in [1.82, 2.24) is 10.2 Å². The quantitative estimate of drug-likeness (QED) is 0.640. The maximum Gasteiger partial charge on any atom is 0.0477 e. The highest BCUT2D eigenvalue weighted by molar-refractivity contribution is 4.70. The van der Waals surface area contributed by atoms with Crippen LogP contribution < -0.4 is 5.32 Å². The molecule has 0 spiro atoms. The molecule has 0 saturated carbocycles. The number of piperidine rings is 1. The van der Waals surface area contributed by atoms with Crippen molar-refractivity contribution in [1.29, 1.82) is 0 Å². The Morgan fingerprint density at radius 2 is 2.25 bits per heavy atom. The van der Waals surface area contributed by atoms with Gasteiger partial charge in [0.15, 0.2) is 0 Å². The van der Waals surface area contributed by atoms with E-state index < -0.39 is 0 Å². The summed E-state index contributed by atoms with van der Waals surface area (Å²) in [5.74, 6) is 0.895. The smallest absolute Gasteiger partial charge is 0.0477 e. The second kappa shape index (κ2) is 8.97. The van der Waals surface area contributed by atoms with Gasteiger partial charge in [-0.25, -0.2) is 0 Å². The van der Waals surface area contributed by atoms with Crippen molar-refractivity contribution in [3.8, 4) is 0 Å². The summed E-state index contributed by atoms with van der Waals surface area (Å²) < 4.78 is 5.29. The van der Waals surface area contributed by atoms with Crippen molar-refractivity contribution in [2.75, 3.05) is 45.9 Å². The van der Waals surface area contributed by atoms with E-state index in [0.29, 0.717) is 0 Å². The first kappa shape index (κ1) is 13.9. The Morgan fingerprint density at radius 1 is 1.38 bits per heavy atom. The summed E-state index contributed by atoms with van der Waals surface area (Å²) in [6.07, 6.45) is 3.92. The van der Waals surface area contributed by atoms with Crippen LogP contribution in [-0.2, 0) is 4.74 Å². The minimum Gasteiger partial charge on any atom is -0.382 e. The lowest BCUT2D eigenvalue weighted by Gasteiger charge is -2.30. The summed E-state index contributed by atoms with van der Waals surface area (Å²) in [5, 5.41) is 3.48. The Morgan fingerprint density at radius 3 is 3.00 bits per heavy atom. The fourth-order valence-electron chi connectivity index (χ4n) is 2.30. The summed E-state index contributed by atoms with van der Waals surface area (Å²) in [6, 6.07) is 0. The zero-order valence-corrected chi connectivity index (χ0v) is 11.0. The molecule has 16 heavy (non-hydrogen) atoms. The van der Waals surface area contributed by atoms with Crippen molar-refractivity contribution in [3.63, 3.8) is 0 Å². The van der Waals surface area contributed by atoms with Gasteiger partial charge in [-0.15, -0.1) is 0 Å². The van der Waals surface area contributed by atoms with Gasteiger partial charge in [-0.2, -0.15) is 0 Å². The van der Waals surface area contributed by atoms with E-state index in [9.17, 15) is 0 Å². The first-order valence-corrected chi connectivity index (χ1v) is 6.83. The van der Waals surface area contributed by atoms with Gasteiger partial charge in [-0.3, -0.25) is 0 Å². The van der Waals surface area contributed by atoms with Crippen molar-refractivity contribution < 1.29 is 4.74 Å². The van der Waals surface area contributed by atoms with E-state index >= 15 is 0 Å². The molecule has 0 radical (unpaired) electrons. The summed E-state index contributed by atoms with van der Waals surface area (Å²) in [6.45, 7) is 12.1. The number of likely N-dealkylation sites (tertiary alicyclic amines) is 1. The molecule has 1 N–H and O–H groups in total. The van der Waals surface area contributed by atoms with Gasteiger partial charge in [0.1, 0.15) is 0 Å². The fourth-order valence-corrected chi connectivity index (χ4v) is 2.30. The lowest BCUT2D eigenvalue weighted by atomic mass is 10.0. The van der Waals surface area contributed by atoms with Gasteiger partial charge in [0.2, 0.25) is 0 Å². The molecule has 0 aromatic carbocycles. The molecule has 1 rings (SSSR count). The summed E-state index contributed by atoms with van der Waals surface area (Å²) >= 11 is 0. The highest BCUT2D eigenvalue weighted by Crippen LogP contribution is 2.14. The molecule has 1 aliphatic rings. The number of nitrogens with zero attached hydrogens (tertiary/aromatic N) is 1. The minimum absolute atomic E-state index is 0.839. The number of hydrogen-bond acceptors (Lipinski definition) is 3. The SMILES string of the molecule is CCOCCCNCCN1CCCC(C)C1. The topological polar surface area (TPSA) is 24.5 Å². The minimum atomic E-state index is 0.839. The summed E-state index contributed by atoms with van der Waals surface area (Å²) in [4.78, 5) is 2.59. The lowest BCUT2D eigenvalue weighted by molar-refractivity contribution is 0.144. The molecule has 0 amide bonds. The fraction of sp³-hybridized carbons (Fsp3) is 1.00. The van der Waals surface area contributed by atoms with Crippen LogP contribution in [0, 0.1) is 5.92 Å². The van der Waals surface area contributed by atoms with Crippen LogP contribution in [0.25, 0.3) is 0 Å². The standard InChI is InChI=1S/C13H28N2O/c1-3-16-11-5-7-14-8-10-15-9-4-6-13(2)12-15/h13-14H,3-12H2,1-2H3. The van der Waals surface area contributed by atoms with Gasteiger partial charge in [-0.05, 0) is 45.2 Å². The largest absolute Gasteiger partial charge is 0.382 e. The Kier molecular flexibility index (Phi) is 7.81. The molecule has 3 heteroatoms. The van der Waals surface area contributed by atoms with Gasteiger partial charge < -0.3 is 15.0 Å². The van der Waals surface area contributed by atoms with Crippen molar-refractivity contribution >= 4 is 0 Å². The second-order valence-electron chi connectivity index (χ2n) is 4.85. The molecule has 1 fully saturated rings. The zero-order valence-electron chi connectivity index (χ0n) is 11.0. The predicted octanol–water partition coefficient (Wildman–Crippen LogP) is 1.73. The van der Waals surface area contributed by atoms with Gasteiger partial charge in [0.25, 0.3) is 0 Å². The Labute approximate surface area is 101 Å². The molecular formula is C13H28N2O. The maximum atomic E-state index is 5.29. The zero-order chi connectivity index (χ0) is 11.6. The van der Waals surface area contributed by atoms with E-state index in [2.05, 4.69) is 17.1 Å². The molecule has 1 atom stereocenters. The first-order valence-electron chi connectivity index (χ1n) is 6.83. The van der Waals surface area contributed by atoms with Crippen LogP contribution in [0.4, 0.5) is 0 Å². The number of ether oxygens (including phenoxy) is 1. The molecule has 1 heterocycles. The third-order valence-corrected chi connectivity index (χ3v) is 3.19. The molecule has 1 saturated heterocycles. The number of nitrogens with one attached hydrogen (secondary N) is 1.